The third-order valence-corrected chi connectivity index (χ3v) is 5.44. The van der Waals surface area contributed by atoms with E-state index in [0.29, 0.717) is 18.0 Å². The van der Waals surface area contributed by atoms with Gasteiger partial charge in [-0.1, -0.05) is 12.8 Å². The van der Waals surface area contributed by atoms with Gasteiger partial charge in [0.2, 0.25) is 0 Å². The van der Waals surface area contributed by atoms with Crippen molar-refractivity contribution in [1.82, 2.24) is 9.88 Å². The predicted octanol–water partition coefficient (Wildman–Crippen LogP) is 3.33. The molecule has 0 spiro atoms. The molecule has 3 rings (SSSR count). The summed E-state index contributed by atoms with van der Waals surface area (Å²) < 4.78 is 5.35. The Morgan fingerprint density at radius 3 is 2.96 bits per heavy atom. The van der Waals surface area contributed by atoms with Crippen LogP contribution in [0.4, 0.5) is 0 Å². The van der Waals surface area contributed by atoms with Gasteiger partial charge in [0.05, 0.1) is 12.4 Å². The Morgan fingerprint density at radius 2 is 2.26 bits per heavy atom. The van der Waals surface area contributed by atoms with Crippen LogP contribution in [0.25, 0.3) is 10.8 Å². The van der Waals surface area contributed by atoms with E-state index in [0.717, 1.165) is 35.6 Å². The first-order chi connectivity index (χ1) is 11.1. The second-order valence-corrected chi connectivity index (χ2v) is 7.40. The summed E-state index contributed by atoms with van der Waals surface area (Å²) in [4.78, 5) is 19.7. The van der Waals surface area contributed by atoms with E-state index < -0.39 is 0 Å². The number of amides is 1. The summed E-state index contributed by atoms with van der Waals surface area (Å²) in [7, 11) is 1.79. The smallest absolute Gasteiger partial charge is 0.273 e. The van der Waals surface area contributed by atoms with Gasteiger partial charge in [-0.25, -0.2) is 4.98 Å². The van der Waals surface area contributed by atoms with Gasteiger partial charge in [-0.3, -0.25) is 4.79 Å². The minimum absolute atomic E-state index is 0.0886. The van der Waals surface area contributed by atoms with Crippen LogP contribution >= 0.6 is 11.3 Å². The fourth-order valence-electron chi connectivity index (χ4n) is 3.12. The van der Waals surface area contributed by atoms with Crippen LogP contribution in [0.1, 0.15) is 41.0 Å². The average Bonchev–Trinajstić information content (AvgIpc) is 3.18. The molecular weight excluding hydrogens is 312 g/mol. The SMILES string of the molecule is Cc1sc(-c2ccco2)nc1C(=O)N(C)CC1CCCCC1O. The van der Waals surface area contributed by atoms with E-state index in [1.54, 1.807) is 18.2 Å². The lowest BCUT2D eigenvalue weighted by atomic mass is 9.86. The van der Waals surface area contributed by atoms with Crippen molar-refractivity contribution >= 4 is 17.2 Å². The maximum atomic E-state index is 12.7. The number of aryl methyl sites for hydroxylation is 1. The molecule has 2 aromatic rings. The second-order valence-electron chi connectivity index (χ2n) is 6.20. The highest BCUT2D eigenvalue weighted by atomic mass is 32.1. The second kappa shape index (κ2) is 6.84. The lowest BCUT2D eigenvalue weighted by Crippen LogP contribution is -2.38. The molecule has 124 valence electrons. The number of hydrogen-bond donors (Lipinski definition) is 1. The van der Waals surface area contributed by atoms with Gasteiger partial charge in [0.25, 0.3) is 5.91 Å². The van der Waals surface area contributed by atoms with E-state index in [1.165, 1.54) is 11.3 Å². The maximum Gasteiger partial charge on any atom is 0.273 e. The zero-order chi connectivity index (χ0) is 16.4. The van der Waals surface area contributed by atoms with Crippen LogP contribution < -0.4 is 0 Å². The molecule has 1 saturated carbocycles. The fourth-order valence-corrected chi connectivity index (χ4v) is 3.99. The highest BCUT2D eigenvalue weighted by Gasteiger charge is 2.27. The van der Waals surface area contributed by atoms with E-state index in [2.05, 4.69) is 4.98 Å². The monoisotopic (exact) mass is 334 g/mol. The molecular formula is C17H22N2O3S. The first kappa shape index (κ1) is 16.2. The zero-order valence-corrected chi connectivity index (χ0v) is 14.3. The van der Waals surface area contributed by atoms with E-state index in [4.69, 9.17) is 4.42 Å². The minimum Gasteiger partial charge on any atom is -0.462 e. The summed E-state index contributed by atoms with van der Waals surface area (Å²) in [6, 6.07) is 3.65. The first-order valence-corrected chi connectivity index (χ1v) is 8.82. The van der Waals surface area contributed by atoms with E-state index in [9.17, 15) is 9.90 Å². The Balaban J connectivity index is 1.72. The molecule has 0 bridgehead atoms. The molecule has 0 aromatic carbocycles. The lowest BCUT2D eigenvalue weighted by molar-refractivity contribution is 0.0448. The Kier molecular flexibility index (Phi) is 4.82. The van der Waals surface area contributed by atoms with Crippen LogP contribution in [-0.4, -0.2) is 40.6 Å². The molecule has 0 aliphatic heterocycles. The van der Waals surface area contributed by atoms with Crippen LogP contribution in [0.5, 0.6) is 0 Å². The highest BCUT2D eigenvalue weighted by molar-refractivity contribution is 7.15. The normalized spacial score (nSPS) is 21.3. The first-order valence-electron chi connectivity index (χ1n) is 8.01. The number of aliphatic hydroxyl groups excluding tert-OH is 1. The number of aromatic nitrogens is 1. The van der Waals surface area contributed by atoms with Crippen LogP contribution in [-0.2, 0) is 0 Å². The van der Waals surface area contributed by atoms with Gasteiger partial charge in [0, 0.05) is 24.4 Å². The van der Waals surface area contributed by atoms with Crippen LogP contribution in [0.3, 0.4) is 0 Å². The molecule has 1 N–H and O–H groups in total. The number of hydrogen-bond acceptors (Lipinski definition) is 5. The number of carbonyl (C=O) groups is 1. The van der Waals surface area contributed by atoms with Gasteiger partial charge >= 0.3 is 0 Å². The molecule has 0 radical (unpaired) electrons. The fraction of sp³-hybridized carbons (Fsp3) is 0.529. The molecule has 23 heavy (non-hydrogen) atoms. The van der Waals surface area contributed by atoms with E-state index in [1.807, 2.05) is 19.1 Å². The number of aliphatic hydroxyl groups is 1. The van der Waals surface area contributed by atoms with Crippen molar-refractivity contribution in [2.45, 2.75) is 38.7 Å². The van der Waals surface area contributed by atoms with Crippen molar-refractivity contribution in [3.8, 4) is 10.8 Å². The molecule has 2 heterocycles. The van der Waals surface area contributed by atoms with Crippen LogP contribution in [0.15, 0.2) is 22.8 Å². The summed E-state index contributed by atoms with van der Waals surface area (Å²) in [5.74, 6) is 0.762. The highest BCUT2D eigenvalue weighted by Crippen LogP contribution is 2.29. The zero-order valence-electron chi connectivity index (χ0n) is 13.5. The summed E-state index contributed by atoms with van der Waals surface area (Å²) in [5, 5.41) is 10.8. The van der Waals surface area contributed by atoms with Crippen molar-refractivity contribution in [3.63, 3.8) is 0 Å². The van der Waals surface area contributed by atoms with Crippen LogP contribution in [0, 0.1) is 12.8 Å². The Morgan fingerprint density at radius 1 is 1.48 bits per heavy atom. The number of rotatable bonds is 4. The number of furan rings is 1. The molecule has 0 saturated heterocycles. The largest absolute Gasteiger partial charge is 0.462 e. The summed E-state index contributed by atoms with van der Waals surface area (Å²) >= 11 is 1.46. The van der Waals surface area contributed by atoms with Crippen molar-refractivity contribution in [2.24, 2.45) is 5.92 Å². The number of nitrogens with zero attached hydrogens (tertiary/aromatic N) is 2. The van der Waals surface area contributed by atoms with Crippen molar-refractivity contribution in [1.29, 1.82) is 0 Å². The number of carbonyl (C=O) groups excluding carboxylic acids is 1. The molecule has 5 nitrogen and oxygen atoms in total. The van der Waals surface area contributed by atoms with E-state index >= 15 is 0 Å². The predicted molar refractivity (Wildman–Crippen MR) is 89.5 cm³/mol. The third-order valence-electron chi connectivity index (χ3n) is 4.46. The minimum atomic E-state index is -0.297. The Labute approximate surface area is 140 Å². The molecule has 6 heteroatoms. The Bertz CT molecular complexity index is 665. The van der Waals surface area contributed by atoms with Crippen molar-refractivity contribution in [2.75, 3.05) is 13.6 Å². The topological polar surface area (TPSA) is 66.6 Å². The standard InChI is InChI=1S/C17H22N2O3S/c1-11-15(18-16(23-11)14-8-5-9-22-14)17(21)19(2)10-12-6-3-4-7-13(12)20/h5,8-9,12-13,20H,3-4,6-7,10H2,1-2H3. The number of thiazole rings is 1. The van der Waals surface area contributed by atoms with Gasteiger partial charge in [0.1, 0.15) is 5.69 Å². The molecule has 1 aliphatic carbocycles. The van der Waals surface area contributed by atoms with Gasteiger partial charge in [-0.2, -0.15) is 0 Å². The molecule has 1 amide bonds. The summed E-state index contributed by atoms with van der Waals surface area (Å²) in [6.07, 6.45) is 5.32. The van der Waals surface area contributed by atoms with E-state index in [-0.39, 0.29) is 17.9 Å². The third kappa shape index (κ3) is 3.48. The molecule has 2 atom stereocenters. The molecule has 1 aliphatic rings. The average molecular weight is 334 g/mol. The quantitative estimate of drug-likeness (QED) is 0.931. The molecule has 2 unspecified atom stereocenters. The van der Waals surface area contributed by atoms with Crippen molar-refractivity contribution in [3.05, 3.63) is 29.0 Å². The maximum absolute atomic E-state index is 12.7. The Hall–Kier alpha value is -1.66. The summed E-state index contributed by atoms with van der Waals surface area (Å²) in [5.41, 5.74) is 0.481. The van der Waals surface area contributed by atoms with Gasteiger partial charge < -0.3 is 14.4 Å². The summed E-state index contributed by atoms with van der Waals surface area (Å²) in [6.45, 7) is 2.48. The van der Waals surface area contributed by atoms with Crippen LogP contribution in [0.2, 0.25) is 0 Å². The van der Waals surface area contributed by atoms with Gasteiger partial charge in [-0.05, 0) is 31.9 Å². The molecule has 2 aromatic heterocycles. The van der Waals surface area contributed by atoms with Gasteiger partial charge in [-0.15, -0.1) is 11.3 Å². The van der Waals surface area contributed by atoms with Gasteiger partial charge in [0.15, 0.2) is 10.8 Å². The lowest BCUT2D eigenvalue weighted by Gasteiger charge is -2.31. The van der Waals surface area contributed by atoms with Crippen molar-refractivity contribution < 1.29 is 14.3 Å². The molecule has 1 fully saturated rings.